The lowest BCUT2D eigenvalue weighted by atomic mass is 10.1. The predicted octanol–water partition coefficient (Wildman–Crippen LogP) is 4.76. The van der Waals surface area contributed by atoms with Crippen LogP contribution in [0.15, 0.2) is 30.3 Å². The minimum Gasteiger partial charge on any atom is -0.328 e. The van der Waals surface area contributed by atoms with E-state index in [2.05, 4.69) is 53.1 Å². The number of hydrogen-bond acceptors (Lipinski definition) is 1. The first-order valence-electron chi connectivity index (χ1n) is 6.65. The SMILES string of the molecule is O=C(N[C@@H](c1ccccc1)C(Br)(Br)Br)N1CCCCC1. The first kappa shape index (κ1) is 16.3. The van der Waals surface area contributed by atoms with Crippen LogP contribution in [-0.4, -0.2) is 26.2 Å². The molecule has 1 aromatic rings. The van der Waals surface area contributed by atoms with Gasteiger partial charge in [0.05, 0.1) is 6.04 Å². The normalized spacial score (nSPS) is 17.6. The zero-order chi connectivity index (χ0) is 14.6. The smallest absolute Gasteiger partial charge is 0.317 e. The lowest BCUT2D eigenvalue weighted by Gasteiger charge is -2.32. The van der Waals surface area contributed by atoms with E-state index in [1.54, 1.807) is 0 Å². The van der Waals surface area contributed by atoms with Gasteiger partial charge in [0.1, 0.15) is 0 Å². The number of nitrogens with one attached hydrogen (secondary N) is 1. The van der Waals surface area contributed by atoms with Gasteiger partial charge >= 0.3 is 6.03 Å². The first-order valence-corrected chi connectivity index (χ1v) is 9.03. The molecule has 20 heavy (non-hydrogen) atoms. The van der Waals surface area contributed by atoms with E-state index in [9.17, 15) is 4.79 Å². The van der Waals surface area contributed by atoms with Crippen molar-refractivity contribution < 1.29 is 4.79 Å². The molecule has 0 radical (unpaired) electrons. The molecule has 0 aliphatic carbocycles. The minimum absolute atomic E-state index is 0.0127. The molecule has 1 aliphatic heterocycles. The maximum Gasteiger partial charge on any atom is 0.317 e. The van der Waals surface area contributed by atoms with Gasteiger partial charge in [0.25, 0.3) is 0 Å². The third-order valence-electron chi connectivity index (χ3n) is 3.37. The summed E-state index contributed by atoms with van der Waals surface area (Å²) >= 11 is 10.6. The first-order chi connectivity index (χ1) is 9.48. The van der Waals surface area contributed by atoms with Gasteiger partial charge < -0.3 is 10.2 Å². The Morgan fingerprint density at radius 2 is 1.70 bits per heavy atom. The maximum atomic E-state index is 12.4. The number of carbonyl (C=O) groups excluding carboxylic acids is 1. The molecule has 2 amide bonds. The molecule has 1 heterocycles. The van der Waals surface area contributed by atoms with E-state index in [0.29, 0.717) is 0 Å². The van der Waals surface area contributed by atoms with E-state index in [0.717, 1.165) is 31.5 Å². The second-order valence-electron chi connectivity index (χ2n) is 4.88. The van der Waals surface area contributed by atoms with Crippen molar-refractivity contribution in [2.45, 2.75) is 27.4 Å². The molecule has 3 nitrogen and oxygen atoms in total. The van der Waals surface area contributed by atoms with Crippen molar-refractivity contribution in [1.29, 1.82) is 0 Å². The third-order valence-corrected chi connectivity index (χ3v) is 4.74. The van der Waals surface area contributed by atoms with Gasteiger partial charge in [-0.25, -0.2) is 4.79 Å². The molecular weight excluding hydrogens is 452 g/mol. The molecule has 1 atom stereocenters. The monoisotopic (exact) mass is 466 g/mol. The molecule has 1 aromatic carbocycles. The Hall–Kier alpha value is -0.0700. The molecule has 1 N–H and O–H groups in total. The summed E-state index contributed by atoms with van der Waals surface area (Å²) in [5, 5.41) is 3.09. The lowest BCUT2D eigenvalue weighted by molar-refractivity contribution is 0.183. The molecule has 2 rings (SSSR count). The average Bonchev–Trinajstić information content (AvgIpc) is 2.45. The quantitative estimate of drug-likeness (QED) is 0.623. The Morgan fingerprint density at radius 1 is 1.10 bits per heavy atom. The largest absolute Gasteiger partial charge is 0.328 e. The molecular formula is C14H17Br3N2O. The molecule has 0 aromatic heterocycles. The van der Waals surface area contributed by atoms with Crippen molar-refractivity contribution in [2.24, 2.45) is 0 Å². The van der Waals surface area contributed by atoms with Crippen molar-refractivity contribution in [3.63, 3.8) is 0 Å². The van der Waals surface area contributed by atoms with Crippen LogP contribution in [0.1, 0.15) is 30.9 Å². The molecule has 1 aliphatic rings. The maximum absolute atomic E-state index is 12.4. The molecule has 1 fully saturated rings. The summed E-state index contributed by atoms with van der Waals surface area (Å²) in [4.78, 5) is 14.3. The fourth-order valence-electron chi connectivity index (χ4n) is 2.31. The number of carbonyl (C=O) groups is 1. The van der Waals surface area contributed by atoms with Gasteiger partial charge in [-0.3, -0.25) is 0 Å². The summed E-state index contributed by atoms with van der Waals surface area (Å²) in [5.74, 6) is 0. The molecule has 1 saturated heterocycles. The van der Waals surface area contributed by atoms with Crippen molar-refractivity contribution in [1.82, 2.24) is 10.2 Å². The number of likely N-dealkylation sites (tertiary alicyclic amines) is 1. The van der Waals surface area contributed by atoms with Crippen LogP contribution in [0.3, 0.4) is 0 Å². The zero-order valence-electron chi connectivity index (χ0n) is 11.0. The summed E-state index contributed by atoms with van der Waals surface area (Å²) in [6.07, 6.45) is 3.39. The summed E-state index contributed by atoms with van der Waals surface area (Å²) in [6.45, 7) is 1.68. The highest BCUT2D eigenvalue weighted by Crippen LogP contribution is 2.45. The van der Waals surface area contributed by atoms with E-state index in [1.807, 2.05) is 35.2 Å². The van der Waals surface area contributed by atoms with Crippen LogP contribution >= 0.6 is 47.8 Å². The van der Waals surface area contributed by atoms with E-state index >= 15 is 0 Å². The zero-order valence-corrected chi connectivity index (χ0v) is 15.7. The third kappa shape index (κ3) is 4.46. The molecule has 0 bridgehead atoms. The van der Waals surface area contributed by atoms with Gasteiger partial charge in [-0.15, -0.1) is 0 Å². The molecule has 0 unspecified atom stereocenters. The van der Waals surface area contributed by atoms with Gasteiger partial charge in [0.2, 0.25) is 0 Å². The van der Waals surface area contributed by atoms with E-state index in [-0.39, 0.29) is 12.1 Å². The van der Waals surface area contributed by atoms with Crippen LogP contribution in [0.25, 0.3) is 0 Å². The van der Waals surface area contributed by atoms with Crippen LogP contribution in [0, 0.1) is 0 Å². The number of nitrogens with zero attached hydrogens (tertiary/aromatic N) is 1. The van der Waals surface area contributed by atoms with Crippen molar-refractivity contribution in [2.75, 3.05) is 13.1 Å². The Kier molecular flexibility index (Phi) is 5.93. The number of hydrogen-bond donors (Lipinski definition) is 1. The Balaban J connectivity index is 2.10. The molecule has 6 heteroatoms. The topological polar surface area (TPSA) is 32.3 Å². The van der Waals surface area contributed by atoms with Crippen LogP contribution in [0.5, 0.6) is 0 Å². The van der Waals surface area contributed by atoms with Crippen LogP contribution in [0.2, 0.25) is 0 Å². The number of alkyl halides is 3. The fraction of sp³-hybridized carbons (Fsp3) is 0.500. The predicted molar refractivity (Wildman–Crippen MR) is 92.7 cm³/mol. The second-order valence-corrected chi connectivity index (χ2v) is 11.8. The van der Waals surface area contributed by atoms with E-state index in [4.69, 9.17) is 0 Å². The van der Waals surface area contributed by atoms with E-state index < -0.39 is 2.14 Å². The fourth-order valence-corrected chi connectivity index (χ4v) is 3.45. The molecule has 0 saturated carbocycles. The lowest BCUT2D eigenvalue weighted by Crippen LogP contribution is -2.46. The number of benzene rings is 1. The van der Waals surface area contributed by atoms with Gasteiger partial charge in [-0.05, 0) is 24.8 Å². The van der Waals surface area contributed by atoms with Crippen LogP contribution in [0.4, 0.5) is 4.79 Å². The van der Waals surface area contributed by atoms with Gasteiger partial charge in [0, 0.05) is 13.1 Å². The van der Waals surface area contributed by atoms with Crippen LogP contribution < -0.4 is 5.32 Å². The number of amides is 2. The highest BCUT2D eigenvalue weighted by molar-refractivity contribution is 9.39. The number of halogens is 3. The van der Waals surface area contributed by atoms with Crippen molar-refractivity contribution in [3.05, 3.63) is 35.9 Å². The average molecular weight is 469 g/mol. The van der Waals surface area contributed by atoms with E-state index in [1.165, 1.54) is 6.42 Å². The highest BCUT2D eigenvalue weighted by atomic mass is 80.0. The summed E-state index contributed by atoms with van der Waals surface area (Å²) in [7, 11) is 0. The number of piperidine rings is 1. The summed E-state index contributed by atoms with van der Waals surface area (Å²) in [5.41, 5.74) is 1.03. The Morgan fingerprint density at radius 3 is 2.25 bits per heavy atom. The van der Waals surface area contributed by atoms with Gasteiger partial charge in [0.15, 0.2) is 2.14 Å². The van der Waals surface area contributed by atoms with Gasteiger partial charge in [-0.2, -0.15) is 0 Å². The van der Waals surface area contributed by atoms with Crippen molar-refractivity contribution in [3.8, 4) is 0 Å². The Bertz CT molecular complexity index is 441. The summed E-state index contributed by atoms with van der Waals surface area (Å²) < 4.78 is -0.570. The standard InChI is InChI=1S/C14H17Br3N2O/c15-14(16,17)12(11-7-3-1-4-8-11)18-13(20)19-9-5-2-6-10-19/h1,3-4,7-8,12H,2,5-6,9-10H2,(H,18,20)/t12-/m0/s1. The van der Waals surface area contributed by atoms with Gasteiger partial charge in [-0.1, -0.05) is 78.1 Å². The second kappa shape index (κ2) is 7.27. The molecule has 0 spiro atoms. The Labute approximate surface area is 144 Å². The highest BCUT2D eigenvalue weighted by Gasteiger charge is 2.34. The minimum atomic E-state index is -0.570. The summed E-state index contributed by atoms with van der Waals surface area (Å²) in [6, 6.07) is 9.67. The number of rotatable bonds is 2. The van der Waals surface area contributed by atoms with Crippen LogP contribution in [-0.2, 0) is 0 Å². The van der Waals surface area contributed by atoms with Crippen molar-refractivity contribution >= 4 is 53.8 Å². The number of urea groups is 1. The molecule has 110 valence electrons.